The number of nitrogens with zero attached hydrogens (tertiary/aromatic N) is 1. The van der Waals surface area contributed by atoms with Crippen LogP contribution < -0.4 is 5.43 Å². The van der Waals surface area contributed by atoms with Crippen molar-refractivity contribution < 1.29 is 14.4 Å². The molecule has 0 fully saturated rings. The first kappa shape index (κ1) is 19.5. The summed E-state index contributed by atoms with van der Waals surface area (Å²) >= 11 is 0. The Hall–Kier alpha value is -3.86. The topological polar surface area (TPSA) is 75.6 Å². The molecule has 1 aliphatic rings. The number of carbonyl (C=O) groups excluding carboxylic acids is 3. The van der Waals surface area contributed by atoms with Gasteiger partial charge in [-0.15, -0.1) is 0 Å². The summed E-state index contributed by atoms with van der Waals surface area (Å²) in [6, 6.07) is 25.9. The zero-order valence-corrected chi connectivity index (χ0v) is 16.4. The van der Waals surface area contributed by atoms with Crippen molar-refractivity contribution in [3.05, 3.63) is 107 Å². The number of amides is 1. The summed E-state index contributed by atoms with van der Waals surface area (Å²) in [5, 5.41) is 4.32. The summed E-state index contributed by atoms with van der Waals surface area (Å²) in [6.07, 6.45) is 0. The second kappa shape index (κ2) is 8.25. The molecule has 1 amide bonds. The SMILES string of the molecule is CC(=O)NN=C(C1C(=O)c2ccccc2C1=O)C(c1ccccc1)c1ccccc1. The number of rotatable bonds is 5. The van der Waals surface area contributed by atoms with Gasteiger partial charge in [-0.1, -0.05) is 84.9 Å². The molecule has 30 heavy (non-hydrogen) atoms. The lowest BCUT2D eigenvalue weighted by Crippen LogP contribution is -2.33. The van der Waals surface area contributed by atoms with Crippen LogP contribution in [-0.2, 0) is 4.79 Å². The molecule has 1 aliphatic carbocycles. The number of ketones is 2. The Kier molecular flexibility index (Phi) is 5.35. The Labute approximate surface area is 174 Å². The van der Waals surface area contributed by atoms with Crippen LogP contribution in [0.25, 0.3) is 0 Å². The highest BCUT2D eigenvalue weighted by Gasteiger charge is 2.44. The van der Waals surface area contributed by atoms with E-state index in [0.717, 1.165) is 11.1 Å². The molecule has 1 N–H and O–H groups in total. The van der Waals surface area contributed by atoms with Crippen LogP contribution in [-0.4, -0.2) is 23.2 Å². The van der Waals surface area contributed by atoms with E-state index in [1.807, 2.05) is 60.7 Å². The van der Waals surface area contributed by atoms with E-state index in [-0.39, 0.29) is 17.5 Å². The van der Waals surface area contributed by atoms with Gasteiger partial charge in [0.15, 0.2) is 11.6 Å². The van der Waals surface area contributed by atoms with E-state index in [1.54, 1.807) is 24.3 Å². The first-order valence-electron chi connectivity index (χ1n) is 9.69. The van der Waals surface area contributed by atoms with Gasteiger partial charge in [0.2, 0.25) is 5.91 Å². The number of fused-ring (bicyclic) bond motifs is 1. The van der Waals surface area contributed by atoms with Crippen LogP contribution in [0.3, 0.4) is 0 Å². The third-order valence-electron chi connectivity index (χ3n) is 5.18. The molecule has 0 aliphatic heterocycles. The molecule has 0 spiro atoms. The van der Waals surface area contributed by atoms with E-state index in [4.69, 9.17) is 0 Å². The van der Waals surface area contributed by atoms with Crippen molar-refractivity contribution >= 4 is 23.2 Å². The van der Waals surface area contributed by atoms with Gasteiger partial charge in [-0.2, -0.15) is 5.10 Å². The smallest absolute Gasteiger partial charge is 0.236 e. The molecule has 5 heteroatoms. The average Bonchev–Trinajstić information content (AvgIpc) is 3.03. The lowest BCUT2D eigenvalue weighted by Gasteiger charge is -2.23. The maximum Gasteiger partial charge on any atom is 0.236 e. The molecule has 0 bridgehead atoms. The minimum absolute atomic E-state index is 0.295. The predicted octanol–water partition coefficient (Wildman–Crippen LogP) is 4.01. The lowest BCUT2D eigenvalue weighted by molar-refractivity contribution is -0.118. The van der Waals surface area contributed by atoms with Crippen LogP contribution in [0.5, 0.6) is 0 Å². The summed E-state index contributed by atoms with van der Waals surface area (Å²) in [4.78, 5) is 38.1. The second-order valence-electron chi connectivity index (χ2n) is 7.17. The predicted molar refractivity (Wildman–Crippen MR) is 115 cm³/mol. The van der Waals surface area contributed by atoms with Crippen LogP contribution in [0.2, 0.25) is 0 Å². The van der Waals surface area contributed by atoms with Gasteiger partial charge in [-0.25, -0.2) is 5.43 Å². The minimum Gasteiger partial charge on any atom is -0.293 e. The summed E-state index contributed by atoms with van der Waals surface area (Å²) in [7, 11) is 0. The van der Waals surface area contributed by atoms with Gasteiger partial charge in [0, 0.05) is 18.1 Å². The molecule has 148 valence electrons. The van der Waals surface area contributed by atoms with Crippen molar-refractivity contribution in [2.24, 2.45) is 11.0 Å². The van der Waals surface area contributed by atoms with Crippen LogP contribution in [0.1, 0.15) is 44.7 Å². The number of hydrogen-bond donors (Lipinski definition) is 1. The molecule has 0 saturated heterocycles. The van der Waals surface area contributed by atoms with E-state index >= 15 is 0 Å². The number of nitrogens with one attached hydrogen (secondary N) is 1. The van der Waals surface area contributed by atoms with Gasteiger partial charge < -0.3 is 0 Å². The van der Waals surface area contributed by atoms with E-state index in [9.17, 15) is 14.4 Å². The zero-order valence-electron chi connectivity index (χ0n) is 16.4. The van der Waals surface area contributed by atoms with Crippen molar-refractivity contribution in [1.29, 1.82) is 0 Å². The Morgan fingerprint density at radius 1 is 0.767 bits per heavy atom. The van der Waals surface area contributed by atoms with Gasteiger partial charge in [0.05, 0.1) is 11.6 Å². The fourth-order valence-corrected chi connectivity index (χ4v) is 3.88. The summed E-state index contributed by atoms with van der Waals surface area (Å²) in [5.41, 5.74) is 5.31. The van der Waals surface area contributed by atoms with Crippen LogP contribution in [0.4, 0.5) is 0 Å². The van der Waals surface area contributed by atoms with E-state index in [1.165, 1.54) is 6.92 Å². The summed E-state index contributed by atoms with van der Waals surface area (Å²) in [5.74, 6) is -2.51. The van der Waals surface area contributed by atoms with Gasteiger partial charge in [-0.05, 0) is 11.1 Å². The number of hydrogen-bond acceptors (Lipinski definition) is 4. The average molecular weight is 396 g/mol. The molecule has 3 aromatic rings. The largest absolute Gasteiger partial charge is 0.293 e. The molecular weight excluding hydrogens is 376 g/mol. The Morgan fingerprint density at radius 3 is 1.63 bits per heavy atom. The third kappa shape index (κ3) is 3.57. The second-order valence-corrected chi connectivity index (χ2v) is 7.17. The molecule has 3 aromatic carbocycles. The van der Waals surface area contributed by atoms with E-state index < -0.39 is 11.8 Å². The fraction of sp³-hybridized carbons (Fsp3) is 0.120. The molecule has 0 radical (unpaired) electrons. The molecule has 0 atom stereocenters. The third-order valence-corrected chi connectivity index (χ3v) is 5.18. The van der Waals surface area contributed by atoms with Crippen molar-refractivity contribution in [1.82, 2.24) is 5.43 Å². The monoisotopic (exact) mass is 396 g/mol. The zero-order chi connectivity index (χ0) is 21.1. The van der Waals surface area contributed by atoms with E-state index in [0.29, 0.717) is 16.8 Å². The summed E-state index contributed by atoms with van der Waals surface area (Å²) < 4.78 is 0. The number of Topliss-reactive ketones (excluding diaryl/α,β-unsaturated/α-hetero) is 2. The highest BCUT2D eigenvalue weighted by Crippen LogP contribution is 2.35. The molecule has 4 rings (SSSR count). The first-order valence-corrected chi connectivity index (χ1v) is 9.69. The maximum atomic E-state index is 13.2. The van der Waals surface area contributed by atoms with Crippen LogP contribution in [0.15, 0.2) is 90.0 Å². The minimum atomic E-state index is -1.08. The maximum absolute atomic E-state index is 13.2. The van der Waals surface area contributed by atoms with Gasteiger partial charge in [0.1, 0.15) is 5.92 Å². The van der Waals surface area contributed by atoms with Gasteiger partial charge in [-0.3, -0.25) is 14.4 Å². The van der Waals surface area contributed by atoms with Crippen molar-refractivity contribution in [2.45, 2.75) is 12.8 Å². The molecule has 0 saturated carbocycles. The molecule has 0 heterocycles. The normalized spacial score (nSPS) is 14.1. The van der Waals surface area contributed by atoms with Crippen molar-refractivity contribution in [3.63, 3.8) is 0 Å². The quantitative estimate of drug-likeness (QED) is 0.402. The summed E-state index contributed by atoms with van der Waals surface area (Å²) in [6.45, 7) is 1.34. The Morgan fingerprint density at radius 2 is 1.20 bits per heavy atom. The number of carbonyl (C=O) groups is 3. The Bertz CT molecular complexity index is 1060. The standard InChI is InChI=1S/C25H20N2O3/c1-16(28)26-27-23(22-24(29)19-14-8-9-15-20(19)25(22)30)21(17-10-4-2-5-11-17)18-12-6-3-7-13-18/h2-15,21-22H,1H3,(H,26,28). The van der Waals surface area contributed by atoms with Crippen molar-refractivity contribution in [2.75, 3.05) is 0 Å². The molecular formula is C25H20N2O3. The first-order chi connectivity index (χ1) is 14.6. The molecule has 0 aromatic heterocycles. The van der Waals surface area contributed by atoms with Crippen molar-refractivity contribution in [3.8, 4) is 0 Å². The highest BCUT2D eigenvalue weighted by atomic mass is 16.2. The van der Waals surface area contributed by atoms with E-state index in [2.05, 4.69) is 10.5 Å². The van der Waals surface area contributed by atoms with Gasteiger partial charge in [0.25, 0.3) is 0 Å². The molecule has 5 nitrogen and oxygen atoms in total. The highest BCUT2D eigenvalue weighted by molar-refractivity contribution is 6.37. The number of hydrazone groups is 1. The Balaban J connectivity index is 1.90. The number of benzene rings is 3. The fourth-order valence-electron chi connectivity index (χ4n) is 3.88. The van der Waals surface area contributed by atoms with Crippen LogP contribution in [0, 0.1) is 5.92 Å². The lowest BCUT2D eigenvalue weighted by atomic mass is 9.80. The van der Waals surface area contributed by atoms with Gasteiger partial charge >= 0.3 is 0 Å². The molecule has 0 unspecified atom stereocenters. The van der Waals surface area contributed by atoms with Crippen LogP contribution >= 0.6 is 0 Å².